The molecule has 0 aromatic heterocycles. The number of amides is 1. The van der Waals surface area contributed by atoms with Crippen LogP contribution in [-0.2, 0) is 20.7 Å². The molecule has 3 aromatic carbocycles. The van der Waals surface area contributed by atoms with Crippen molar-refractivity contribution in [3.8, 4) is 0 Å². The number of benzene rings is 3. The van der Waals surface area contributed by atoms with Gasteiger partial charge in [-0.3, -0.25) is 4.79 Å². The van der Waals surface area contributed by atoms with E-state index in [9.17, 15) is 9.59 Å². The van der Waals surface area contributed by atoms with Gasteiger partial charge in [0.1, 0.15) is 6.04 Å². The molecule has 0 aliphatic carbocycles. The lowest BCUT2D eigenvalue weighted by molar-refractivity contribution is -0.164. The first-order chi connectivity index (χ1) is 16.7. The van der Waals surface area contributed by atoms with Gasteiger partial charge in [-0.1, -0.05) is 84.9 Å². The first-order valence-corrected chi connectivity index (χ1v) is 12.6. The summed E-state index contributed by atoms with van der Waals surface area (Å²) >= 11 is 4.49. The van der Waals surface area contributed by atoms with Gasteiger partial charge >= 0.3 is 5.97 Å². The molecule has 0 N–H and O–H groups in total. The van der Waals surface area contributed by atoms with E-state index in [1.165, 1.54) is 5.56 Å². The Balaban J connectivity index is 1.49. The van der Waals surface area contributed by atoms with Gasteiger partial charge in [-0.05, 0) is 47.9 Å². The van der Waals surface area contributed by atoms with E-state index >= 15 is 0 Å². The molecule has 1 saturated heterocycles. The Morgan fingerprint density at radius 2 is 1.53 bits per heavy atom. The molecule has 2 aliphatic heterocycles. The number of carbonyl (C=O) groups is 2. The number of carbonyl (C=O) groups excluding carboxylic acids is 2. The Bertz CT molecular complexity index is 1110. The van der Waals surface area contributed by atoms with Gasteiger partial charge in [0, 0.05) is 5.75 Å². The Morgan fingerprint density at radius 3 is 2.18 bits per heavy atom. The number of thiol groups is 1. The smallest absolute Gasteiger partial charge is 0.329 e. The molecular weight excluding hydrogens is 442 g/mol. The lowest BCUT2D eigenvalue weighted by Crippen LogP contribution is -2.51. The summed E-state index contributed by atoms with van der Waals surface area (Å²) in [5.41, 5.74) is 4.16. The summed E-state index contributed by atoms with van der Waals surface area (Å²) in [4.78, 5) is 29.3. The molecule has 4 nitrogen and oxygen atoms in total. The zero-order valence-electron chi connectivity index (χ0n) is 19.0. The van der Waals surface area contributed by atoms with E-state index in [4.69, 9.17) is 4.74 Å². The lowest BCUT2D eigenvalue weighted by Gasteiger charge is -2.41. The van der Waals surface area contributed by atoms with Crippen LogP contribution in [0.5, 0.6) is 0 Å². The standard InChI is InChI=1S/C29H29NO3S/c31-28-23(19-34)18-22-14-7-8-15-24(22)25-16-9-17-26(30(25)28)29(32)33-27(20-10-3-1-4-11-20)21-12-5-2-6-13-21/h1-8,10-15,23,25-27,34H,9,16-19H2/t23?,25?,26-/m0/s1. The Kier molecular flexibility index (Phi) is 6.73. The van der Waals surface area contributed by atoms with Crippen LogP contribution in [-0.4, -0.2) is 28.6 Å². The first-order valence-electron chi connectivity index (χ1n) is 12.0. The van der Waals surface area contributed by atoms with Crippen molar-refractivity contribution >= 4 is 24.5 Å². The number of rotatable bonds is 5. The second kappa shape index (κ2) is 10.1. The molecule has 0 radical (unpaired) electrons. The largest absolute Gasteiger partial charge is 0.451 e. The monoisotopic (exact) mass is 471 g/mol. The van der Waals surface area contributed by atoms with Crippen molar-refractivity contribution in [1.82, 2.24) is 4.90 Å². The van der Waals surface area contributed by atoms with Gasteiger partial charge in [0.15, 0.2) is 6.10 Å². The average Bonchev–Trinajstić information content (AvgIpc) is 3.02. The Hall–Kier alpha value is -3.05. The van der Waals surface area contributed by atoms with Crippen molar-refractivity contribution in [3.05, 3.63) is 107 Å². The predicted octanol–water partition coefficient (Wildman–Crippen LogP) is 5.54. The minimum absolute atomic E-state index is 0.00817. The number of esters is 1. The number of fused-ring (bicyclic) bond motifs is 3. The Labute approximate surface area is 206 Å². The summed E-state index contributed by atoms with van der Waals surface area (Å²) < 4.78 is 6.21. The second-order valence-electron chi connectivity index (χ2n) is 9.13. The third-order valence-electron chi connectivity index (χ3n) is 7.04. The van der Waals surface area contributed by atoms with E-state index in [-0.39, 0.29) is 23.8 Å². The van der Waals surface area contributed by atoms with Gasteiger partial charge in [-0.2, -0.15) is 12.6 Å². The highest BCUT2D eigenvalue weighted by atomic mass is 32.1. The van der Waals surface area contributed by atoms with Gasteiger partial charge in [-0.25, -0.2) is 4.79 Å². The number of nitrogens with zero attached hydrogens (tertiary/aromatic N) is 1. The summed E-state index contributed by atoms with van der Waals surface area (Å²) in [5, 5.41) is 0. The number of ether oxygens (including phenoxy) is 1. The molecule has 5 heteroatoms. The van der Waals surface area contributed by atoms with Gasteiger partial charge in [-0.15, -0.1) is 0 Å². The molecule has 1 fully saturated rings. The molecule has 34 heavy (non-hydrogen) atoms. The maximum atomic E-state index is 13.7. The van der Waals surface area contributed by atoms with Gasteiger partial charge in [0.05, 0.1) is 12.0 Å². The van der Waals surface area contributed by atoms with E-state index < -0.39 is 12.1 Å². The maximum absolute atomic E-state index is 13.7. The quantitative estimate of drug-likeness (QED) is 0.392. The molecule has 2 aliphatic rings. The van der Waals surface area contributed by atoms with Crippen molar-refractivity contribution in [1.29, 1.82) is 0 Å². The molecule has 0 saturated carbocycles. The van der Waals surface area contributed by atoms with Crippen LogP contribution in [0.4, 0.5) is 0 Å². The third-order valence-corrected chi connectivity index (χ3v) is 7.48. The van der Waals surface area contributed by atoms with Crippen molar-refractivity contribution in [2.45, 2.75) is 43.9 Å². The van der Waals surface area contributed by atoms with Crippen LogP contribution >= 0.6 is 12.6 Å². The molecule has 3 aromatic rings. The molecule has 0 spiro atoms. The van der Waals surface area contributed by atoms with Crippen molar-refractivity contribution in [2.24, 2.45) is 5.92 Å². The molecule has 3 atom stereocenters. The van der Waals surface area contributed by atoms with Crippen LogP contribution < -0.4 is 0 Å². The Morgan fingerprint density at radius 1 is 0.912 bits per heavy atom. The van der Waals surface area contributed by atoms with E-state index in [0.717, 1.165) is 29.5 Å². The molecule has 2 heterocycles. The highest BCUT2D eigenvalue weighted by molar-refractivity contribution is 7.80. The van der Waals surface area contributed by atoms with E-state index in [1.54, 1.807) is 0 Å². The molecule has 1 amide bonds. The second-order valence-corrected chi connectivity index (χ2v) is 9.49. The van der Waals surface area contributed by atoms with Gasteiger partial charge < -0.3 is 9.64 Å². The first kappa shape index (κ1) is 22.7. The fourth-order valence-electron chi connectivity index (χ4n) is 5.37. The zero-order valence-corrected chi connectivity index (χ0v) is 19.9. The minimum Gasteiger partial charge on any atom is -0.451 e. The van der Waals surface area contributed by atoms with Crippen LogP contribution in [0.1, 0.15) is 53.7 Å². The molecule has 174 valence electrons. The summed E-state index contributed by atoms with van der Waals surface area (Å²) in [6.45, 7) is 0. The molecule has 2 unspecified atom stereocenters. The average molecular weight is 472 g/mol. The highest BCUT2D eigenvalue weighted by Crippen LogP contribution is 2.41. The summed E-state index contributed by atoms with van der Waals surface area (Å²) in [6, 6.07) is 27.1. The normalized spacial score (nSPS) is 22.0. The van der Waals surface area contributed by atoms with Crippen LogP contribution in [0.3, 0.4) is 0 Å². The fourth-order valence-corrected chi connectivity index (χ4v) is 5.66. The zero-order chi connectivity index (χ0) is 23.5. The SMILES string of the molecule is O=C(OC(c1ccccc1)c1ccccc1)[C@@H]1CCCC2c3ccccc3CC(CS)C(=O)N21. The van der Waals surface area contributed by atoms with Gasteiger partial charge in [0.2, 0.25) is 5.91 Å². The van der Waals surface area contributed by atoms with E-state index in [1.807, 2.05) is 77.7 Å². The molecule has 0 bridgehead atoms. The number of hydrogen-bond donors (Lipinski definition) is 1. The third kappa shape index (κ3) is 4.37. The van der Waals surface area contributed by atoms with Crippen molar-refractivity contribution < 1.29 is 14.3 Å². The predicted molar refractivity (Wildman–Crippen MR) is 136 cm³/mol. The van der Waals surface area contributed by atoms with Crippen LogP contribution in [0.15, 0.2) is 84.9 Å². The molecule has 5 rings (SSSR count). The summed E-state index contributed by atoms with van der Waals surface area (Å²) in [7, 11) is 0. The number of piperidine rings is 1. The van der Waals surface area contributed by atoms with Crippen LogP contribution in [0.25, 0.3) is 0 Å². The van der Waals surface area contributed by atoms with Crippen molar-refractivity contribution in [3.63, 3.8) is 0 Å². The molecular formula is C29H29NO3S. The maximum Gasteiger partial charge on any atom is 0.329 e. The summed E-state index contributed by atoms with van der Waals surface area (Å²) in [6.07, 6.45) is 2.47. The highest BCUT2D eigenvalue weighted by Gasteiger charge is 2.44. The minimum atomic E-state index is -0.602. The van der Waals surface area contributed by atoms with Crippen LogP contribution in [0.2, 0.25) is 0 Å². The van der Waals surface area contributed by atoms with E-state index in [0.29, 0.717) is 18.6 Å². The van der Waals surface area contributed by atoms with Gasteiger partial charge in [0.25, 0.3) is 0 Å². The van der Waals surface area contributed by atoms with Crippen LogP contribution in [0, 0.1) is 5.92 Å². The van der Waals surface area contributed by atoms with E-state index in [2.05, 4.69) is 24.8 Å². The lowest BCUT2D eigenvalue weighted by atomic mass is 9.89. The topological polar surface area (TPSA) is 46.6 Å². The summed E-state index contributed by atoms with van der Waals surface area (Å²) in [5.74, 6) is -0.127. The fraction of sp³-hybridized carbons (Fsp3) is 0.310. The number of hydrogen-bond acceptors (Lipinski definition) is 4. The van der Waals surface area contributed by atoms with Crippen molar-refractivity contribution in [2.75, 3.05) is 5.75 Å².